The molecule has 0 bridgehead atoms. The lowest BCUT2D eigenvalue weighted by atomic mass is 10.1. The molecule has 0 radical (unpaired) electrons. The SMILES string of the molecule is COc1cc(/C=N\NC(=O)COc2cc(C)cc(C)c2)ccc1OC(F)F. The first kappa shape index (κ1) is 20.2. The molecule has 144 valence electrons. The largest absolute Gasteiger partial charge is 0.493 e. The lowest BCUT2D eigenvalue weighted by Crippen LogP contribution is -2.24. The van der Waals surface area contributed by atoms with Gasteiger partial charge in [0.1, 0.15) is 5.75 Å². The van der Waals surface area contributed by atoms with E-state index in [1.54, 1.807) is 0 Å². The number of ether oxygens (including phenoxy) is 3. The molecule has 0 unspecified atom stereocenters. The molecule has 2 aromatic carbocycles. The number of nitrogens with one attached hydrogen (secondary N) is 1. The predicted molar refractivity (Wildman–Crippen MR) is 96.8 cm³/mol. The first-order chi connectivity index (χ1) is 12.9. The minimum Gasteiger partial charge on any atom is -0.493 e. The molecule has 2 rings (SSSR count). The van der Waals surface area contributed by atoms with Crippen LogP contribution in [0.25, 0.3) is 0 Å². The quantitative estimate of drug-likeness (QED) is 0.564. The van der Waals surface area contributed by atoms with E-state index in [1.165, 1.54) is 31.5 Å². The lowest BCUT2D eigenvalue weighted by Gasteiger charge is -2.10. The van der Waals surface area contributed by atoms with Crippen LogP contribution in [-0.2, 0) is 4.79 Å². The van der Waals surface area contributed by atoms with Crippen LogP contribution in [0, 0.1) is 13.8 Å². The average molecular weight is 378 g/mol. The van der Waals surface area contributed by atoms with E-state index in [9.17, 15) is 13.6 Å². The Morgan fingerprint density at radius 3 is 2.48 bits per heavy atom. The molecule has 0 saturated carbocycles. The van der Waals surface area contributed by atoms with Gasteiger partial charge in [-0.1, -0.05) is 6.07 Å². The highest BCUT2D eigenvalue weighted by Gasteiger charge is 2.10. The number of halogens is 2. The summed E-state index contributed by atoms with van der Waals surface area (Å²) < 4.78 is 39.4. The van der Waals surface area contributed by atoms with Crippen LogP contribution in [0.1, 0.15) is 16.7 Å². The van der Waals surface area contributed by atoms with Gasteiger partial charge in [0, 0.05) is 0 Å². The van der Waals surface area contributed by atoms with Crippen molar-refractivity contribution in [1.29, 1.82) is 0 Å². The van der Waals surface area contributed by atoms with Crippen molar-refractivity contribution in [2.45, 2.75) is 20.5 Å². The van der Waals surface area contributed by atoms with E-state index in [-0.39, 0.29) is 18.1 Å². The summed E-state index contributed by atoms with van der Waals surface area (Å²) in [6.07, 6.45) is 1.35. The van der Waals surface area contributed by atoms with Crippen molar-refractivity contribution in [3.05, 3.63) is 53.1 Å². The van der Waals surface area contributed by atoms with Gasteiger partial charge >= 0.3 is 6.61 Å². The average Bonchev–Trinajstić information content (AvgIpc) is 2.60. The monoisotopic (exact) mass is 378 g/mol. The number of alkyl halides is 2. The van der Waals surface area contributed by atoms with Crippen LogP contribution in [0.4, 0.5) is 8.78 Å². The fourth-order valence-corrected chi connectivity index (χ4v) is 2.33. The standard InChI is InChI=1S/C19H20F2N2O4/c1-12-6-13(2)8-15(7-12)26-11-18(24)23-22-10-14-4-5-16(27-19(20)21)17(9-14)25-3/h4-10,19H,11H2,1-3H3,(H,23,24)/b22-10-. The van der Waals surface area contributed by atoms with Crippen molar-refractivity contribution in [2.24, 2.45) is 5.10 Å². The summed E-state index contributed by atoms with van der Waals surface area (Å²) in [7, 11) is 1.33. The first-order valence-corrected chi connectivity index (χ1v) is 8.03. The number of nitrogens with zero attached hydrogens (tertiary/aromatic N) is 1. The summed E-state index contributed by atoms with van der Waals surface area (Å²) >= 11 is 0. The molecule has 0 aliphatic heterocycles. The van der Waals surface area contributed by atoms with Crippen molar-refractivity contribution in [1.82, 2.24) is 5.43 Å². The molecule has 8 heteroatoms. The van der Waals surface area contributed by atoms with Gasteiger partial charge in [-0.2, -0.15) is 13.9 Å². The Morgan fingerprint density at radius 1 is 1.15 bits per heavy atom. The summed E-state index contributed by atoms with van der Waals surface area (Å²) in [5.41, 5.74) is 4.94. The zero-order valence-corrected chi connectivity index (χ0v) is 15.2. The Morgan fingerprint density at radius 2 is 1.85 bits per heavy atom. The van der Waals surface area contributed by atoms with E-state index < -0.39 is 12.5 Å². The normalized spacial score (nSPS) is 10.9. The number of hydrazone groups is 1. The maximum atomic E-state index is 12.3. The third kappa shape index (κ3) is 6.58. The molecule has 0 spiro atoms. The maximum Gasteiger partial charge on any atom is 0.387 e. The molecule has 2 aromatic rings. The van der Waals surface area contributed by atoms with Crippen LogP contribution in [-0.4, -0.2) is 32.4 Å². The fraction of sp³-hybridized carbons (Fsp3) is 0.263. The third-order valence-electron chi connectivity index (χ3n) is 3.37. The van der Waals surface area contributed by atoms with Crippen LogP contribution >= 0.6 is 0 Å². The van der Waals surface area contributed by atoms with Crippen molar-refractivity contribution in [3.8, 4) is 17.2 Å². The van der Waals surface area contributed by atoms with Crippen molar-refractivity contribution >= 4 is 12.1 Å². The Kier molecular flexibility index (Phi) is 7.10. The minimum absolute atomic E-state index is 0.0875. The van der Waals surface area contributed by atoms with Gasteiger partial charge in [-0.3, -0.25) is 4.79 Å². The van der Waals surface area contributed by atoms with E-state index in [0.29, 0.717) is 11.3 Å². The van der Waals surface area contributed by atoms with E-state index >= 15 is 0 Å². The van der Waals surface area contributed by atoms with Gasteiger partial charge in [-0.15, -0.1) is 0 Å². The maximum absolute atomic E-state index is 12.3. The number of carbonyl (C=O) groups is 1. The van der Waals surface area contributed by atoms with E-state index in [1.807, 2.05) is 32.0 Å². The molecule has 0 atom stereocenters. The molecular formula is C19H20F2N2O4. The summed E-state index contributed by atoms with van der Waals surface area (Å²) in [6, 6.07) is 9.96. The van der Waals surface area contributed by atoms with Gasteiger partial charge in [0.25, 0.3) is 5.91 Å². The summed E-state index contributed by atoms with van der Waals surface area (Å²) in [5.74, 6) is 0.209. The van der Waals surface area contributed by atoms with Gasteiger partial charge in [0.2, 0.25) is 0 Å². The summed E-state index contributed by atoms with van der Waals surface area (Å²) in [4.78, 5) is 11.8. The highest BCUT2D eigenvalue weighted by molar-refractivity contribution is 5.83. The number of carbonyl (C=O) groups excluding carboxylic acids is 1. The predicted octanol–water partition coefficient (Wildman–Crippen LogP) is 3.44. The lowest BCUT2D eigenvalue weighted by molar-refractivity contribution is -0.123. The molecule has 0 fully saturated rings. The van der Waals surface area contributed by atoms with Gasteiger partial charge in [-0.25, -0.2) is 5.43 Å². The number of hydrogen-bond acceptors (Lipinski definition) is 5. The zero-order chi connectivity index (χ0) is 19.8. The highest BCUT2D eigenvalue weighted by atomic mass is 19.3. The first-order valence-electron chi connectivity index (χ1n) is 8.03. The number of aryl methyl sites for hydroxylation is 2. The number of methoxy groups -OCH3 is 1. The van der Waals surface area contributed by atoms with Crippen molar-refractivity contribution < 1.29 is 27.8 Å². The van der Waals surface area contributed by atoms with Crippen LogP contribution in [0.3, 0.4) is 0 Å². The van der Waals surface area contributed by atoms with Crippen LogP contribution in [0.15, 0.2) is 41.5 Å². The van der Waals surface area contributed by atoms with Gasteiger partial charge in [0.05, 0.1) is 13.3 Å². The second-order valence-corrected chi connectivity index (χ2v) is 5.69. The smallest absolute Gasteiger partial charge is 0.387 e. The molecule has 27 heavy (non-hydrogen) atoms. The fourth-order valence-electron chi connectivity index (χ4n) is 2.33. The molecule has 1 N–H and O–H groups in total. The molecule has 0 aliphatic carbocycles. The third-order valence-corrected chi connectivity index (χ3v) is 3.37. The summed E-state index contributed by atoms with van der Waals surface area (Å²) in [6.45, 7) is 0.742. The van der Waals surface area contributed by atoms with E-state index in [2.05, 4.69) is 15.3 Å². The Bertz CT molecular complexity index is 805. The number of benzene rings is 2. The number of hydrogen-bond donors (Lipinski definition) is 1. The molecule has 0 heterocycles. The zero-order valence-electron chi connectivity index (χ0n) is 15.2. The highest BCUT2D eigenvalue weighted by Crippen LogP contribution is 2.28. The Labute approximate surface area is 155 Å². The molecule has 0 aliphatic rings. The van der Waals surface area contributed by atoms with Crippen LogP contribution in [0.5, 0.6) is 17.2 Å². The molecule has 0 aromatic heterocycles. The van der Waals surface area contributed by atoms with Gasteiger partial charge in [-0.05, 0) is 60.9 Å². The van der Waals surface area contributed by atoms with E-state index in [0.717, 1.165) is 11.1 Å². The minimum atomic E-state index is -2.95. The van der Waals surface area contributed by atoms with Crippen molar-refractivity contribution in [2.75, 3.05) is 13.7 Å². The second-order valence-electron chi connectivity index (χ2n) is 5.69. The molecule has 1 amide bonds. The molecular weight excluding hydrogens is 358 g/mol. The molecule has 0 saturated heterocycles. The second kappa shape index (κ2) is 9.51. The summed E-state index contributed by atoms with van der Waals surface area (Å²) in [5, 5.41) is 3.81. The van der Waals surface area contributed by atoms with E-state index in [4.69, 9.17) is 9.47 Å². The molecule has 6 nitrogen and oxygen atoms in total. The Hall–Kier alpha value is -3.16. The van der Waals surface area contributed by atoms with Gasteiger partial charge < -0.3 is 14.2 Å². The number of rotatable bonds is 8. The topological polar surface area (TPSA) is 69.2 Å². The number of amides is 1. The van der Waals surface area contributed by atoms with Crippen LogP contribution in [0.2, 0.25) is 0 Å². The van der Waals surface area contributed by atoms with Crippen molar-refractivity contribution in [3.63, 3.8) is 0 Å². The van der Waals surface area contributed by atoms with Crippen LogP contribution < -0.4 is 19.6 Å². The van der Waals surface area contributed by atoms with Gasteiger partial charge in [0.15, 0.2) is 18.1 Å². The Balaban J connectivity index is 1.89.